The van der Waals surface area contributed by atoms with Gasteiger partial charge >= 0.3 is 0 Å². The molecule has 0 unspecified atom stereocenters. The predicted octanol–water partition coefficient (Wildman–Crippen LogP) is 2.38. The fourth-order valence-electron chi connectivity index (χ4n) is 4.76. The van der Waals surface area contributed by atoms with Crippen LogP contribution in [-0.2, 0) is 6.54 Å². The van der Waals surface area contributed by atoms with Crippen molar-refractivity contribution in [3.63, 3.8) is 0 Å². The highest BCUT2D eigenvalue weighted by molar-refractivity contribution is 5.71. The molecule has 2 aliphatic rings. The number of nitrogens with zero attached hydrogens (tertiary/aromatic N) is 7. The second-order valence-corrected chi connectivity index (χ2v) is 9.72. The first-order valence-corrected chi connectivity index (χ1v) is 11.9. The van der Waals surface area contributed by atoms with Gasteiger partial charge < -0.3 is 15.5 Å². The number of likely N-dealkylation sites (tertiary alicyclic amines) is 1. The van der Waals surface area contributed by atoms with Crippen molar-refractivity contribution in [2.45, 2.75) is 26.3 Å². The molecular weight excluding hydrogens is 442 g/mol. The molecule has 0 aliphatic carbocycles. The molecule has 0 radical (unpaired) electrons. The smallest absolute Gasteiger partial charge is 0.228 e. The van der Waals surface area contributed by atoms with Gasteiger partial charge in [0.25, 0.3) is 0 Å². The van der Waals surface area contributed by atoms with Gasteiger partial charge in [-0.2, -0.15) is 19.7 Å². The van der Waals surface area contributed by atoms with Crippen molar-refractivity contribution in [2.24, 2.45) is 5.41 Å². The zero-order valence-electron chi connectivity index (χ0n) is 20.3. The molecule has 0 saturated carbocycles. The van der Waals surface area contributed by atoms with Crippen molar-refractivity contribution in [1.82, 2.24) is 39.6 Å². The molecule has 10 nitrogen and oxygen atoms in total. The fourth-order valence-corrected chi connectivity index (χ4v) is 4.76. The number of carbonyl (C=O) groups is 1. The summed E-state index contributed by atoms with van der Waals surface area (Å²) >= 11 is 0. The van der Waals surface area contributed by atoms with Crippen LogP contribution in [0.5, 0.6) is 0 Å². The van der Waals surface area contributed by atoms with Gasteiger partial charge in [-0.1, -0.05) is 32.0 Å². The van der Waals surface area contributed by atoms with Crippen molar-refractivity contribution in [2.75, 3.05) is 38.5 Å². The summed E-state index contributed by atoms with van der Waals surface area (Å²) < 4.78 is 3.45. The number of fused-ring (bicyclic) bond motifs is 1. The van der Waals surface area contributed by atoms with E-state index in [9.17, 15) is 4.79 Å². The largest absolute Gasteiger partial charge is 0.350 e. The maximum Gasteiger partial charge on any atom is 0.228 e. The van der Waals surface area contributed by atoms with Crippen LogP contribution < -0.4 is 10.6 Å². The highest BCUT2D eigenvalue weighted by Gasteiger charge is 2.45. The third-order valence-electron chi connectivity index (χ3n) is 6.53. The summed E-state index contributed by atoms with van der Waals surface area (Å²) in [5.41, 5.74) is 4.36. The van der Waals surface area contributed by atoms with E-state index in [4.69, 9.17) is 0 Å². The monoisotopic (exact) mass is 473 g/mol. The first kappa shape index (κ1) is 23.1. The molecule has 35 heavy (non-hydrogen) atoms. The number of aldehydes is 1. The molecule has 2 N–H and O–H groups in total. The van der Waals surface area contributed by atoms with E-state index >= 15 is 0 Å². The molecule has 1 spiro atoms. The molecule has 1 aromatic carbocycles. The first-order valence-electron chi connectivity index (χ1n) is 11.9. The Morgan fingerprint density at radius 1 is 1.14 bits per heavy atom. The number of para-hydroxylation sites is 1. The molecule has 0 atom stereocenters. The van der Waals surface area contributed by atoms with Gasteiger partial charge in [0.15, 0.2) is 17.8 Å². The van der Waals surface area contributed by atoms with E-state index in [2.05, 4.69) is 56.6 Å². The maximum absolute atomic E-state index is 11.3. The minimum Gasteiger partial charge on any atom is -0.350 e. The van der Waals surface area contributed by atoms with Gasteiger partial charge in [-0.25, -0.2) is 9.67 Å². The molecular formula is C25H31N9O. The average Bonchev–Trinajstić information content (AvgIpc) is 3.50. The molecule has 3 aromatic heterocycles. The molecule has 4 aromatic rings. The van der Waals surface area contributed by atoms with Crippen molar-refractivity contribution in [1.29, 1.82) is 0 Å². The third-order valence-corrected chi connectivity index (χ3v) is 6.53. The van der Waals surface area contributed by atoms with E-state index in [1.54, 1.807) is 16.9 Å². The Balaban J connectivity index is 0.000000265. The lowest BCUT2D eigenvalue weighted by Crippen LogP contribution is -2.69. The summed E-state index contributed by atoms with van der Waals surface area (Å²) in [4.78, 5) is 22.3. The van der Waals surface area contributed by atoms with Crippen LogP contribution in [0.4, 0.5) is 5.95 Å². The van der Waals surface area contributed by atoms with Crippen LogP contribution >= 0.6 is 0 Å². The van der Waals surface area contributed by atoms with E-state index in [1.807, 2.05) is 41.2 Å². The van der Waals surface area contributed by atoms with E-state index in [1.165, 1.54) is 26.2 Å². The number of aromatic nitrogens is 6. The Hall–Kier alpha value is -3.63. The first-order chi connectivity index (χ1) is 17.0. The Morgan fingerprint density at radius 3 is 2.54 bits per heavy atom. The summed E-state index contributed by atoms with van der Waals surface area (Å²) in [6.07, 6.45) is 6.06. The van der Waals surface area contributed by atoms with Crippen LogP contribution in [0, 0.1) is 5.41 Å². The van der Waals surface area contributed by atoms with E-state index in [-0.39, 0.29) is 11.7 Å². The zero-order chi connectivity index (χ0) is 24.4. The number of carbonyl (C=O) groups excluding carboxylic acids is 1. The molecule has 2 saturated heterocycles. The minimum atomic E-state index is 0.132. The number of hydrogen-bond donors (Lipinski definition) is 2. The molecule has 10 heteroatoms. The number of anilines is 1. The zero-order valence-corrected chi connectivity index (χ0v) is 20.3. The lowest BCUT2D eigenvalue weighted by Gasteiger charge is -2.55. The van der Waals surface area contributed by atoms with Gasteiger partial charge in [0.05, 0.1) is 11.9 Å². The van der Waals surface area contributed by atoms with Crippen LogP contribution in [0.15, 0.2) is 48.9 Å². The van der Waals surface area contributed by atoms with Gasteiger partial charge in [-0.05, 0) is 30.7 Å². The Kier molecular flexibility index (Phi) is 6.31. The van der Waals surface area contributed by atoms with Crippen LogP contribution in [0.2, 0.25) is 0 Å². The van der Waals surface area contributed by atoms with Crippen LogP contribution in [0.1, 0.15) is 41.5 Å². The second-order valence-electron chi connectivity index (χ2n) is 9.72. The van der Waals surface area contributed by atoms with E-state index < -0.39 is 0 Å². The van der Waals surface area contributed by atoms with Crippen LogP contribution in [0.3, 0.4) is 0 Å². The van der Waals surface area contributed by atoms with E-state index in [0.717, 1.165) is 22.2 Å². The standard InChI is InChI=1S/C19H19N7O.C6H12N2/c1-13(2)15-11-22-26-18(15)23-17(12-27)24-19(26)20-10-14-6-3-4-7-16(14)25-9-5-8-21-25;1-8-4-6(5-8)2-7-3-6/h3-9,11-13H,10H2,1-2H3,(H,20,23,24);7H,2-5H2,1H3. The van der Waals surface area contributed by atoms with Crippen molar-refractivity contribution in [3.8, 4) is 5.69 Å². The molecule has 2 aliphatic heterocycles. The summed E-state index contributed by atoms with van der Waals surface area (Å²) in [5.74, 6) is 0.849. The maximum atomic E-state index is 11.3. The molecule has 2 fully saturated rings. The van der Waals surface area contributed by atoms with Gasteiger partial charge in [0.1, 0.15) is 0 Å². The van der Waals surface area contributed by atoms with Crippen molar-refractivity contribution >= 4 is 17.9 Å². The normalized spacial score (nSPS) is 16.5. The van der Waals surface area contributed by atoms with Crippen molar-refractivity contribution < 1.29 is 4.79 Å². The van der Waals surface area contributed by atoms with Gasteiger partial charge in [0, 0.05) is 56.1 Å². The summed E-state index contributed by atoms with van der Waals surface area (Å²) in [6.45, 7) is 9.78. The van der Waals surface area contributed by atoms with Gasteiger partial charge in [0.2, 0.25) is 5.95 Å². The number of rotatable bonds is 6. The Bertz CT molecular complexity index is 1300. The van der Waals surface area contributed by atoms with Crippen molar-refractivity contribution in [3.05, 3.63) is 65.9 Å². The third kappa shape index (κ3) is 4.67. The number of nitrogens with one attached hydrogen (secondary N) is 2. The van der Waals surface area contributed by atoms with Crippen LogP contribution in [0.25, 0.3) is 11.3 Å². The average molecular weight is 474 g/mol. The number of benzene rings is 1. The highest BCUT2D eigenvalue weighted by atomic mass is 16.1. The molecule has 182 valence electrons. The Labute approximate surface area is 204 Å². The lowest BCUT2D eigenvalue weighted by molar-refractivity contribution is -0.0218. The Morgan fingerprint density at radius 2 is 1.94 bits per heavy atom. The van der Waals surface area contributed by atoms with E-state index in [0.29, 0.717) is 24.4 Å². The minimum absolute atomic E-state index is 0.132. The lowest BCUT2D eigenvalue weighted by atomic mass is 9.75. The highest BCUT2D eigenvalue weighted by Crippen LogP contribution is 2.32. The number of hydrogen-bond acceptors (Lipinski definition) is 8. The van der Waals surface area contributed by atoms with Gasteiger partial charge in [-0.3, -0.25) is 4.79 Å². The second kappa shape index (κ2) is 9.55. The molecule has 0 bridgehead atoms. The summed E-state index contributed by atoms with van der Waals surface area (Å²) in [7, 11) is 2.18. The summed E-state index contributed by atoms with van der Waals surface area (Å²) in [5, 5.41) is 15.3. The fraction of sp³-hybridized carbons (Fsp3) is 0.400. The van der Waals surface area contributed by atoms with Gasteiger partial charge in [-0.15, -0.1) is 0 Å². The molecule has 5 heterocycles. The molecule has 0 amide bonds. The summed E-state index contributed by atoms with van der Waals surface area (Å²) in [6, 6.07) is 9.84. The van der Waals surface area contributed by atoms with Crippen LogP contribution in [-0.4, -0.2) is 73.8 Å². The molecule has 6 rings (SSSR count). The predicted molar refractivity (Wildman–Crippen MR) is 134 cm³/mol. The topological polar surface area (TPSA) is 105 Å². The SMILES string of the molecule is CC(C)c1cnn2c(NCc3ccccc3-n3cccn3)nc(C=O)nc12.CN1CC2(CNC2)C1. The quantitative estimate of drug-likeness (QED) is 0.411.